The van der Waals surface area contributed by atoms with E-state index < -0.39 is 4.75 Å². The van der Waals surface area contributed by atoms with Crippen LogP contribution in [0.5, 0.6) is 0 Å². The second-order valence-corrected chi connectivity index (χ2v) is 8.08. The lowest BCUT2D eigenvalue weighted by molar-refractivity contribution is -0.107. The Morgan fingerprint density at radius 1 is 1.04 bits per heavy atom. The van der Waals surface area contributed by atoms with Crippen LogP contribution in [0.1, 0.15) is 36.7 Å². The fraction of sp³-hybridized carbons (Fsp3) is 0.238. The van der Waals surface area contributed by atoms with Crippen molar-refractivity contribution in [3.05, 3.63) is 71.0 Å². The third-order valence-corrected chi connectivity index (χ3v) is 5.88. The van der Waals surface area contributed by atoms with E-state index in [9.17, 15) is 14.7 Å². The Morgan fingerprint density at radius 3 is 2.00 bits per heavy atom. The molecule has 1 aliphatic rings. The first-order valence-electron chi connectivity index (χ1n) is 8.14. The molecule has 3 nitrogen and oxygen atoms in total. The Balaban J connectivity index is 1.79. The summed E-state index contributed by atoms with van der Waals surface area (Å²) >= 11 is 1.19. The third kappa shape index (κ3) is 3.40. The fourth-order valence-corrected chi connectivity index (χ4v) is 4.19. The summed E-state index contributed by atoms with van der Waals surface area (Å²) in [6, 6.07) is 15.6. The summed E-state index contributed by atoms with van der Waals surface area (Å²) in [5.41, 5.74) is 4.33. The van der Waals surface area contributed by atoms with Gasteiger partial charge < -0.3 is 5.11 Å². The van der Waals surface area contributed by atoms with E-state index in [1.165, 1.54) is 11.8 Å². The highest BCUT2D eigenvalue weighted by atomic mass is 32.2. The van der Waals surface area contributed by atoms with Crippen LogP contribution in [-0.4, -0.2) is 20.8 Å². The molecule has 1 atom stereocenters. The van der Waals surface area contributed by atoms with Crippen LogP contribution in [0.15, 0.2) is 59.9 Å². The van der Waals surface area contributed by atoms with Crippen LogP contribution in [-0.2, 0) is 11.2 Å². The van der Waals surface area contributed by atoms with Gasteiger partial charge in [0.1, 0.15) is 5.76 Å². The normalized spacial score (nSPS) is 20.2. The number of thioether (sulfide) groups is 1. The van der Waals surface area contributed by atoms with Crippen molar-refractivity contribution in [2.24, 2.45) is 0 Å². The van der Waals surface area contributed by atoms with E-state index in [1.807, 2.05) is 55.5 Å². The molecule has 0 aromatic heterocycles. The van der Waals surface area contributed by atoms with E-state index in [0.717, 1.165) is 16.7 Å². The summed E-state index contributed by atoms with van der Waals surface area (Å²) in [4.78, 5) is 23.2. The van der Waals surface area contributed by atoms with Gasteiger partial charge in [0.15, 0.2) is 5.78 Å². The first-order chi connectivity index (χ1) is 11.8. The number of ketones is 1. The molecule has 2 aromatic carbocycles. The van der Waals surface area contributed by atoms with Gasteiger partial charge in [-0.15, -0.1) is 0 Å². The monoisotopic (exact) mass is 352 g/mol. The van der Waals surface area contributed by atoms with E-state index in [-0.39, 0.29) is 16.7 Å². The summed E-state index contributed by atoms with van der Waals surface area (Å²) in [6.07, 6.45) is 0.593. The minimum absolute atomic E-state index is 0.0535. The number of rotatable bonds is 4. The van der Waals surface area contributed by atoms with Crippen molar-refractivity contribution in [1.82, 2.24) is 0 Å². The highest BCUT2D eigenvalue weighted by Crippen LogP contribution is 2.44. The van der Waals surface area contributed by atoms with Crippen LogP contribution in [0.3, 0.4) is 0 Å². The van der Waals surface area contributed by atoms with Crippen LogP contribution in [0.2, 0.25) is 0 Å². The molecule has 128 valence electrons. The van der Waals surface area contributed by atoms with Gasteiger partial charge in [0.25, 0.3) is 0 Å². The van der Waals surface area contributed by atoms with Crippen molar-refractivity contribution >= 4 is 22.7 Å². The van der Waals surface area contributed by atoms with Gasteiger partial charge in [0.2, 0.25) is 5.12 Å². The number of hydrogen-bond donors (Lipinski definition) is 1. The zero-order valence-electron chi connectivity index (χ0n) is 14.5. The summed E-state index contributed by atoms with van der Waals surface area (Å²) in [7, 11) is 0. The first-order valence-corrected chi connectivity index (χ1v) is 8.96. The molecule has 1 N–H and O–H groups in total. The standard InChI is InChI=1S/C21H20O3S/c1-13-19(23)21(3,25-20(13)24)12-15-4-6-17(7-5-15)18-10-8-16(9-11-18)14(2)22/h4-11,23H,12H2,1-3H3. The number of aliphatic hydroxyl groups is 1. The van der Waals surface area contributed by atoms with Crippen LogP contribution in [0.4, 0.5) is 0 Å². The SMILES string of the molecule is CC(=O)c1ccc(-c2ccc(CC3(C)SC(=O)C(C)=C3O)cc2)cc1. The van der Waals surface area contributed by atoms with Crippen molar-refractivity contribution in [1.29, 1.82) is 0 Å². The lowest BCUT2D eigenvalue weighted by Gasteiger charge is -2.22. The molecule has 0 fully saturated rings. The molecule has 2 aromatic rings. The average molecular weight is 352 g/mol. The van der Waals surface area contributed by atoms with Crippen molar-refractivity contribution in [3.8, 4) is 11.1 Å². The Morgan fingerprint density at radius 2 is 1.56 bits per heavy atom. The predicted octanol–water partition coefficient (Wildman–Crippen LogP) is 4.96. The largest absolute Gasteiger partial charge is 0.510 e. The maximum absolute atomic E-state index is 11.8. The van der Waals surface area contributed by atoms with Gasteiger partial charge in [0, 0.05) is 11.1 Å². The molecule has 0 bridgehead atoms. The van der Waals surface area contributed by atoms with Crippen molar-refractivity contribution < 1.29 is 14.7 Å². The number of Topliss-reactive ketones (excluding diaryl/α,β-unsaturated/α-hetero) is 1. The average Bonchev–Trinajstić information content (AvgIpc) is 2.78. The van der Waals surface area contributed by atoms with E-state index in [1.54, 1.807) is 13.8 Å². The number of aliphatic hydroxyl groups excluding tert-OH is 1. The van der Waals surface area contributed by atoms with E-state index in [0.29, 0.717) is 17.6 Å². The molecule has 0 saturated carbocycles. The molecule has 0 saturated heterocycles. The molecule has 3 rings (SSSR count). The highest BCUT2D eigenvalue weighted by Gasteiger charge is 2.41. The molecular formula is C21H20O3S. The molecular weight excluding hydrogens is 332 g/mol. The lowest BCUT2D eigenvalue weighted by atomic mass is 9.94. The topological polar surface area (TPSA) is 54.4 Å². The van der Waals surface area contributed by atoms with Gasteiger partial charge in [-0.2, -0.15) is 0 Å². The van der Waals surface area contributed by atoms with Crippen molar-refractivity contribution in [3.63, 3.8) is 0 Å². The van der Waals surface area contributed by atoms with Gasteiger partial charge in [0.05, 0.1) is 4.75 Å². The summed E-state index contributed by atoms with van der Waals surface area (Å²) in [6.45, 7) is 5.13. The van der Waals surface area contributed by atoms with E-state index >= 15 is 0 Å². The zero-order chi connectivity index (χ0) is 18.2. The molecule has 25 heavy (non-hydrogen) atoms. The van der Waals surface area contributed by atoms with Gasteiger partial charge >= 0.3 is 0 Å². The molecule has 0 amide bonds. The molecule has 0 aliphatic carbocycles. The lowest BCUT2D eigenvalue weighted by Crippen LogP contribution is -2.23. The smallest absolute Gasteiger partial charge is 0.219 e. The first kappa shape index (κ1) is 17.5. The minimum Gasteiger partial charge on any atom is -0.510 e. The molecule has 4 heteroatoms. The quantitative estimate of drug-likeness (QED) is 0.790. The van der Waals surface area contributed by atoms with Crippen molar-refractivity contribution in [2.45, 2.75) is 31.9 Å². The maximum atomic E-state index is 11.8. The number of benzene rings is 2. The van der Waals surface area contributed by atoms with Gasteiger partial charge in [-0.3, -0.25) is 9.59 Å². The van der Waals surface area contributed by atoms with Crippen LogP contribution < -0.4 is 0 Å². The summed E-state index contributed by atoms with van der Waals surface area (Å²) in [5, 5.41) is 10.2. The Bertz CT molecular complexity index is 863. The predicted molar refractivity (Wildman–Crippen MR) is 102 cm³/mol. The van der Waals surface area contributed by atoms with Gasteiger partial charge in [-0.05, 0) is 43.9 Å². The van der Waals surface area contributed by atoms with E-state index in [2.05, 4.69) is 0 Å². The fourth-order valence-electron chi connectivity index (χ4n) is 3.04. The molecule has 1 unspecified atom stereocenters. The van der Waals surface area contributed by atoms with E-state index in [4.69, 9.17) is 0 Å². The van der Waals surface area contributed by atoms with Gasteiger partial charge in [-0.1, -0.05) is 60.3 Å². The van der Waals surface area contributed by atoms with Gasteiger partial charge in [-0.25, -0.2) is 0 Å². The summed E-state index contributed by atoms with van der Waals surface area (Å²) < 4.78 is -0.591. The Kier molecular flexibility index (Phi) is 4.56. The third-order valence-electron chi connectivity index (χ3n) is 4.60. The molecule has 0 spiro atoms. The van der Waals surface area contributed by atoms with Crippen LogP contribution >= 0.6 is 11.8 Å². The second-order valence-electron chi connectivity index (χ2n) is 6.60. The number of hydrogen-bond acceptors (Lipinski definition) is 4. The molecule has 1 aliphatic heterocycles. The zero-order valence-corrected chi connectivity index (χ0v) is 15.3. The molecule has 1 heterocycles. The number of carbonyl (C=O) groups is 2. The number of carbonyl (C=O) groups excluding carboxylic acids is 2. The Hall–Kier alpha value is -2.33. The summed E-state index contributed by atoms with van der Waals surface area (Å²) in [5.74, 6) is 0.244. The minimum atomic E-state index is -0.591. The maximum Gasteiger partial charge on any atom is 0.219 e. The van der Waals surface area contributed by atoms with Crippen LogP contribution in [0, 0.1) is 0 Å². The molecule has 0 radical (unpaired) electrons. The Labute approximate surface area is 151 Å². The van der Waals surface area contributed by atoms with Crippen LogP contribution in [0.25, 0.3) is 11.1 Å². The van der Waals surface area contributed by atoms with Crippen molar-refractivity contribution in [2.75, 3.05) is 0 Å². The highest BCUT2D eigenvalue weighted by molar-refractivity contribution is 8.15. The second kappa shape index (κ2) is 6.52.